The lowest BCUT2D eigenvalue weighted by Gasteiger charge is -2.30. The Bertz CT molecular complexity index is 1070. The number of ether oxygens (including phenoxy) is 1. The van der Waals surface area contributed by atoms with Gasteiger partial charge in [0.1, 0.15) is 18.1 Å². The fourth-order valence-electron chi connectivity index (χ4n) is 3.76. The Morgan fingerprint density at radius 3 is 2.28 bits per heavy atom. The fourth-order valence-corrected chi connectivity index (χ4v) is 3.76. The molecule has 1 saturated heterocycles. The average molecular weight is 444 g/mol. The lowest BCUT2D eigenvalue weighted by molar-refractivity contribution is -0.116. The predicted molar refractivity (Wildman–Crippen MR) is 126 cm³/mol. The molecule has 2 heterocycles. The minimum Gasteiger partial charge on any atom is -0.383 e. The highest BCUT2D eigenvalue weighted by atomic mass is 16.5. The van der Waals surface area contributed by atoms with Crippen LogP contribution in [0.25, 0.3) is 0 Å². The zero-order chi connectivity index (χ0) is 23.5. The van der Waals surface area contributed by atoms with E-state index in [0.29, 0.717) is 45.0 Å². The molecule has 0 radical (unpaired) electrons. The molecule has 1 aromatic heterocycles. The zero-order valence-electron chi connectivity index (χ0n) is 19.3. The Balaban J connectivity index is 1.91. The van der Waals surface area contributed by atoms with E-state index in [-0.39, 0.29) is 23.5 Å². The van der Waals surface area contributed by atoms with Crippen LogP contribution in [0.2, 0.25) is 0 Å². The average Bonchev–Trinajstić information content (AvgIpc) is 2.75. The van der Waals surface area contributed by atoms with Gasteiger partial charge in [0.25, 0.3) is 5.56 Å². The Morgan fingerprint density at radius 2 is 1.72 bits per heavy atom. The SMILES string of the molecule is CCCn1c(N)c(N2CCOCC2)c(=O)n(CC(=O)Nc2ccc(C(C)(C)C)cc2)c1=O. The van der Waals surface area contributed by atoms with Crippen LogP contribution in [0.15, 0.2) is 33.9 Å². The third-order valence-corrected chi connectivity index (χ3v) is 5.55. The minimum absolute atomic E-state index is 0.0000730. The van der Waals surface area contributed by atoms with E-state index in [0.717, 1.165) is 10.1 Å². The number of nitrogens with zero attached hydrogens (tertiary/aromatic N) is 3. The monoisotopic (exact) mass is 443 g/mol. The van der Waals surface area contributed by atoms with Gasteiger partial charge in [-0.05, 0) is 29.5 Å². The number of nitrogens with one attached hydrogen (secondary N) is 1. The number of hydrogen-bond acceptors (Lipinski definition) is 6. The number of hydrogen-bond donors (Lipinski definition) is 2. The molecular formula is C23H33N5O4. The van der Waals surface area contributed by atoms with Crippen LogP contribution in [-0.2, 0) is 28.0 Å². The quantitative estimate of drug-likeness (QED) is 0.704. The van der Waals surface area contributed by atoms with E-state index < -0.39 is 17.2 Å². The largest absolute Gasteiger partial charge is 0.383 e. The van der Waals surface area contributed by atoms with E-state index in [1.165, 1.54) is 4.57 Å². The van der Waals surface area contributed by atoms with E-state index in [1.54, 1.807) is 0 Å². The topological polar surface area (TPSA) is 112 Å². The van der Waals surface area contributed by atoms with Gasteiger partial charge in [0.15, 0.2) is 0 Å². The number of nitrogens with two attached hydrogens (primary N) is 1. The normalized spacial score (nSPS) is 14.4. The molecule has 0 unspecified atom stereocenters. The summed E-state index contributed by atoms with van der Waals surface area (Å²) >= 11 is 0. The summed E-state index contributed by atoms with van der Waals surface area (Å²) in [5.74, 6) is -0.313. The molecule has 9 nitrogen and oxygen atoms in total. The summed E-state index contributed by atoms with van der Waals surface area (Å²) < 4.78 is 7.71. The van der Waals surface area contributed by atoms with Crippen LogP contribution in [0.4, 0.5) is 17.2 Å². The maximum absolute atomic E-state index is 13.2. The van der Waals surface area contributed by atoms with E-state index in [1.807, 2.05) is 36.1 Å². The first kappa shape index (κ1) is 23.6. The Labute approximate surface area is 187 Å². The summed E-state index contributed by atoms with van der Waals surface area (Å²) in [4.78, 5) is 40.8. The molecule has 1 aliphatic rings. The van der Waals surface area contributed by atoms with Crippen LogP contribution in [0.3, 0.4) is 0 Å². The first-order valence-electron chi connectivity index (χ1n) is 11.0. The van der Waals surface area contributed by atoms with Crippen molar-refractivity contribution in [2.24, 2.45) is 0 Å². The van der Waals surface area contributed by atoms with Gasteiger partial charge in [0.2, 0.25) is 5.91 Å². The molecule has 1 amide bonds. The van der Waals surface area contributed by atoms with E-state index in [2.05, 4.69) is 26.1 Å². The van der Waals surface area contributed by atoms with Gasteiger partial charge in [0.05, 0.1) is 13.2 Å². The zero-order valence-corrected chi connectivity index (χ0v) is 19.3. The number of carbonyl (C=O) groups is 1. The van der Waals surface area contributed by atoms with Gasteiger partial charge >= 0.3 is 5.69 Å². The number of rotatable bonds is 6. The van der Waals surface area contributed by atoms with Crippen molar-refractivity contribution >= 4 is 23.1 Å². The minimum atomic E-state index is -0.579. The maximum Gasteiger partial charge on any atom is 0.333 e. The van der Waals surface area contributed by atoms with Crippen molar-refractivity contribution in [3.8, 4) is 0 Å². The molecule has 1 aromatic carbocycles. The van der Waals surface area contributed by atoms with E-state index >= 15 is 0 Å². The molecule has 0 saturated carbocycles. The fraction of sp³-hybridized carbons (Fsp3) is 0.522. The summed E-state index contributed by atoms with van der Waals surface area (Å²) in [5.41, 5.74) is 7.11. The van der Waals surface area contributed by atoms with Crippen LogP contribution in [0.5, 0.6) is 0 Å². The molecule has 0 bridgehead atoms. The Morgan fingerprint density at radius 1 is 1.09 bits per heavy atom. The second-order valence-electron chi connectivity index (χ2n) is 9.03. The number of benzene rings is 1. The van der Waals surface area contributed by atoms with Crippen LogP contribution in [0, 0.1) is 0 Å². The number of anilines is 3. The van der Waals surface area contributed by atoms with Gasteiger partial charge in [-0.2, -0.15) is 0 Å². The van der Waals surface area contributed by atoms with E-state index in [9.17, 15) is 14.4 Å². The number of morpholine rings is 1. The molecule has 0 atom stereocenters. The highest BCUT2D eigenvalue weighted by Gasteiger charge is 2.24. The van der Waals surface area contributed by atoms with Crippen LogP contribution >= 0.6 is 0 Å². The van der Waals surface area contributed by atoms with E-state index in [4.69, 9.17) is 10.5 Å². The standard InChI is InChI=1S/C23H33N5O4/c1-5-10-27-20(24)19(26-11-13-32-14-12-26)21(30)28(22(27)31)15-18(29)25-17-8-6-16(7-9-17)23(2,3)4/h6-9H,5,10-15,24H2,1-4H3,(H,25,29). The van der Waals surface area contributed by atoms with Gasteiger partial charge < -0.3 is 20.7 Å². The molecule has 1 fully saturated rings. The second-order valence-corrected chi connectivity index (χ2v) is 9.03. The third kappa shape index (κ3) is 5.04. The lowest BCUT2D eigenvalue weighted by atomic mass is 9.87. The number of amides is 1. The molecule has 32 heavy (non-hydrogen) atoms. The molecule has 9 heteroatoms. The molecular weight excluding hydrogens is 410 g/mol. The summed E-state index contributed by atoms with van der Waals surface area (Å²) in [7, 11) is 0. The first-order chi connectivity index (χ1) is 15.1. The van der Waals surface area contributed by atoms with Crippen molar-refractivity contribution in [3.05, 3.63) is 50.7 Å². The van der Waals surface area contributed by atoms with Crippen LogP contribution in [0.1, 0.15) is 39.7 Å². The number of nitrogen functional groups attached to an aromatic ring is 1. The molecule has 3 N–H and O–H groups in total. The summed E-state index contributed by atoms with van der Waals surface area (Å²) in [6.45, 7) is 10.2. The molecule has 2 aromatic rings. The Hall–Kier alpha value is -3.07. The van der Waals surface area contributed by atoms with Gasteiger partial charge in [-0.1, -0.05) is 39.8 Å². The van der Waals surface area contributed by atoms with Crippen LogP contribution in [-0.4, -0.2) is 41.3 Å². The van der Waals surface area contributed by atoms with Gasteiger partial charge in [-0.15, -0.1) is 0 Å². The molecule has 3 rings (SSSR count). The van der Waals surface area contributed by atoms with Crippen molar-refractivity contribution in [1.82, 2.24) is 9.13 Å². The molecule has 0 spiro atoms. The Kier molecular flexibility index (Phi) is 7.08. The highest BCUT2D eigenvalue weighted by Crippen LogP contribution is 2.23. The number of carbonyl (C=O) groups excluding carboxylic acids is 1. The predicted octanol–water partition coefficient (Wildman–Crippen LogP) is 1.77. The lowest BCUT2D eigenvalue weighted by Crippen LogP contribution is -2.48. The summed E-state index contributed by atoms with van der Waals surface area (Å²) in [6.07, 6.45) is 0.664. The number of aromatic nitrogens is 2. The summed E-state index contributed by atoms with van der Waals surface area (Å²) in [5, 5.41) is 2.78. The van der Waals surface area contributed by atoms with Gasteiger partial charge in [-0.25, -0.2) is 9.36 Å². The third-order valence-electron chi connectivity index (χ3n) is 5.55. The highest BCUT2D eigenvalue weighted by molar-refractivity contribution is 5.90. The maximum atomic E-state index is 13.2. The van der Waals surface area contributed by atoms with Crippen molar-refractivity contribution in [2.45, 2.75) is 52.6 Å². The second kappa shape index (κ2) is 9.60. The molecule has 1 aliphatic heterocycles. The van der Waals surface area contributed by atoms with Crippen molar-refractivity contribution in [2.75, 3.05) is 42.3 Å². The van der Waals surface area contributed by atoms with Gasteiger partial charge in [0, 0.05) is 25.3 Å². The van der Waals surface area contributed by atoms with Crippen molar-refractivity contribution in [1.29, 1.82) is 0 Å². The smallest absolute Gasteiger partial charge is 0.333 e. The molecule has 174 valence electrons. The molecule has 0 aliphatic carbocycles. The van der Waals surface area contributed by atoms with Crippen molar-refractivity contribution < 1.29 is 9.53 Å². The van der Waals surface area contributed by atoms with Crippen LogP contribution < -0.4 is 27.2 Å². The summed E-state index contributed by atoms with van der Waals surface area (Å²) in [6, 6.07) is 7.54. The van der Waals surface area contributed by atoms with Crippen molar-refractivity contribution in [3.63, 3.8) is 0 Å². The first-order valence-corrected chi connectivity index (χ1v) is 11.0. The van der Waals surface area contributed by atoms with Gasteiger partial charge in [-0.3, -0.25) is 14.2 Å².